The molecule has 0 bridgehead atoms. The molecule has 0 fully saturated rings. The van der Waals surface area contributed by atoms with Gasteiger partial charge in [0.15, 0.2) is 17.5 Å². The van der Waals surface area contributed by atoms with Gasteiger partial charge in [0.25, 0.3) is 0 Å². The van der Waals surface area contributed by atoms with Gasteiger partial charge < -0.3 is 34.6 Å². The van der Waals surface area contributed by atoms with Crippen molar-refractivity contribution in [1.29, 1.82) is 0 Å². The number of nitrogens with one attached hydrogen (secondary N) is 3. The van der Waals surface area contributed by atoms with Gasteiger partial charge >= 0.3 is 7.82 Å². The summed E-state index contributed by atoms with van der Waals surface area (Å²) in [6.07, 6.45) is 1.15. The number of halogens is 2. The highest BCUT2D eigenvalue weighted by molar-refractivity contribution is 7.46. The van der Waals surface area contributed by atoms with Crippen LogP contribution in [0.1, 0.15) is 5.69 Å². The van der Waals surface area contributed by atoms with E-state index in [0.717, 1.165) is 6.07 Å². The van der Waals surface area contributed by atoms with Gasteiger partial charge in [-0.2, -0.15) is 5.10 Å². The number of amides is 1. The van der Waals surface area contributed by atoms with Crippen LogP contribution < -0.4 is 20.1 Å². The lowest BCUT2D eigenvalue weighted by molar-refractivity contribution is -0.115. The Labute approximate surface area is 256 Å². The van der Waals surface area contributed by atoms with Crippen LogP contribution in [0, 0.1) is 11.6 Å². The Hall–Kier alpha value is -4.25. The second kappa shape index (κ2) is 15.7. The van der Waals surface area contributed by atoms with Crippen molar-refractivity contribution in [1.82, 2.24) is 25.1 Å². The molecule has 0 atom stereocenters. The Balaban J connectivity index is 1.46. The van der Waals surface area contributed by atoms with Gasteiger partial charge in [-0.05, 0) is 12.1 Å². The summed E-state index contributed by atoms with van der Waals surface area (Å²) in [5.41, 5.74) is 0.618. The Morgan fingerprint density at radius 2 is 1.84 bits per heavy atom. The van der Waals surface area contributed by atoms with Crippen LogP contribution in [0.5, 0.6) is 11.5 Å². The first kappa shape index (κ1) is 33.6. The molecule has 4 rings (SSSR count). The molecule has 242 valence electrons. The van der Waals surface area contributed by atoms with Crippen molar-refractivity contribution < 1.29 is 46.7 Å². The number of rotatable bonds is 17. The van der Waals surface area contributed by atoms with Crippen molar-refractivity contribution in [2.24, 2.45) is 0 Å². The van der Waals surface area contributed by atoms with Crippen molar-refractivity contribution >= 4 is 42.0 Å². The number of phosphoric ester groups is 1. The van der Waals surface area contributed by atoms with Crippen molar-refractivity contribution in [3.63, 3.8) is 0 Å². The fourth-order valence-electron chi connectivity index (χ4n) is 4.19. The maximum Gasteiger partial charge on any atom is 0.469 e. The molecule has 5 N–H and O–H groups in total. The number of methoxy groups -OCH3 is 2. The van der Waals surface area contributed by atoms with Crippen LogP contribution in [-0.2, 0) is 25.0 Å². The lowest BCUT2D eigenvalue weighted by atomic mass is 10.2. The molecule has 18 heteroatoms. The SMILES string of the molecule is COCCN(CCOc1cc(OC)cc2ncnc(Nc3cc(CC(=O)Nc4cccc(F)c4F)[nH]n3)c12)CCOP(=O)(O)O. The van der Waals surface area contributed by atoms with Crippen LogP contribution in [0.25, 0.3) is 10.9 Å². The predicted molar refractivity (Wildman–Crippen MR) is 158 cm³/mol. The Morgan fingerprint density at radius 3 is 2.60 bits per heavy atom. The molecule has 15 nitrogen and oxygen atoms in total. The number of aromatic nitrogens is 4. The highest BCUT2D eigenvalue weighted by atomic mass is 31.2. The third-order valence-corrected chi connectivity index (χ3v) is 6.83. The Kier molecular flexibility index (Phi) is 11.7. The van der Waals surface area contributed by atoms with Gasteiger partial charge in [0.05, 0.1) is 43.3 Å². The van der Waals surface area contributed by atoms with E-state index in [1.807, 2.05) is 4.90 Å². The molecule has 4 aromatic rings. The zero-order chi connectivity index (χ0) is 32.4. The van der Waals surface area contributed by atoms with E-state index in [1.54, 1.807) is 25.3 Å². The Morgan fingerprint density at radius 1 is 1.07 bits per heavy atom. The van der Waals surface area contributed by atoms with E-state index in [-0.39, 0.29) is 31.9 Å². The lowest BCUT2D eigenvalue weighted by Gasteiger charge is -2.22. The van der Waals surface area contributed by atoms with Crippen molar-refractivity contribution in [3.05, 3.63) is 60.1 Å². The lowest BCUT2D eigenvalue weighted by Crippen LogP contribution is -2.34. The molecule has 2 aromatic carbocycles. The molecule has 2 aromatic heterocycles. The van der Waals surface area contributed by atoms with Gasteiger partial charge in [-0.15, -0.1) is 0 Å². The number of carbonyl (C=O) groups excluding carboxylic acids is 1. The maximum atomic E-state index is 13.9. The van der Waals surface area contributed by atoms with Gasteiger partial charge in [0.2, 0.25) is 5.91 Å². The molecule has 0 aliphatic rings. The number of phosphoric acid groups is 1. The van der Waals surface area contributed by atoms with Crippen LogP contribution in [0.15, 0.2) is 42.7 Å². The number of nitrogens with zero attached hydrogens (tertiary/aromatic N) is 4. The number of aromatic amines is 1. The predicted octanol–water partition coefficient (Wildman–Crippen LogP) is 3.00. The number of ether oxygens (including phenoxy) is 3. The first-order valence-corrected chi connectivity index (χ1v) is 15.0. The maximum absolute atomic E-state index is 13.9. The minimum Gasteiger partial charge on any atom is -0.497 e. The average Bonchev–Trinajstić information content (AvgIpc) is 3.43. The van der Waals surface area contributed by atoms with Gasteiger partial charge in [-0.1, -0.05) is 6.07 Å². The van der Waals surface area contributed by atoms with E-state index in [9.17, 15) is 18.1 Å². The minimum atomic E-state index is -4.59. The summed E-state index contributed by atoms with van der Waals surface area (Å²) in [5.74, 6) is -1.29. The molecular weight excluding hydrogens is 619 g/mol. The number of H-pyrrole nitrogens is 1. The number of benzene rings is 2. The number of carbonyl (C=O) groups is 1. The van der Waals surface area contributed by atoms with Crippen LogP contribution in [-0.4, -0.2) is 94.4 Å². The third-order valence-electron chi connectivity index (χ3n) is 6.31. The van der Waals surface area contributed by atoms with Crippen molar-refractivity contribution in [2.45, 2.75) is 6.42 Å². The second-order valence-electron chi connectivity index (χ2n) is 9.48. The summed E-state index contributed by atoms with van der Waals surface area (Å²) in [4.78, 5) is 40.9. The number of hydrogen-bond acceptors (Lipinski definition) is 11. The van der Waals surface area contributed by atoms with E-state index in [4.69, 9.17) is 24.0 Å². The highest BCUT2D eigenvalue weighted by Gasteiger charge is 2.18. The summed E-state index contributed by atoms with van der Waals surface area (Å²) >= 11 is 0. The number of hydrogen-bond donors (Lipinski definition) is 5. The molecule has 0 spiro atoms. The van der Waals surface area contributed by atoms with Crippen LogP contribution >= 0.6 is 7.82 Å². The molecule has 0 aliphatic heterocycles. The van der Waals surface area contributed by atoms with Crippen molar-refractivity contribution in [3.8, 4) is 11.5 Å². The topological polar surface area (TPSA) is 193 Å². The van der Waals surface area contributed by atoms with Gasteiger partial charge in [0.1, 0.15) is 30.3 Å². The first-order valence-electron chi connectivity index (χ1n) is 13.5. The molecule has 2 heterocycles. The summed E-state index contributed by atoms with van der Waals surface area (Å²) in [5, 5.41) is 12.8. The summed E-state index contributed by atoms with van der Waals surface area (Å²) < 4.78 is 59.6. The normalized spacial score (nSPS) is 11.6. The molecular formula is C27H32F2N7O8P. The fraction of sp³-hybridized carbons (Fsp3) is 0.333. The van der Waals surface area contributed by atoms with E-state index < -0.39 is 25.4 Å². The zero-order valence-corrected chi connectivity index (χ0v) is 25.2. The monoisotopic (exact) mass is 651 g/mol. The minimum absolute atomic E-state index is 0.170. The largest absolute Gasteiger partial charge is 0.497 e. The van der Waals surface area contributed by atoms with Crippen molar-refractivity contribution in [2.75, 3.05) is 64.3 Å². The molecule has 0 unspecified atom stereocenters. The summed E-state index contributed by atoms with van der Waals surface area (Å²) in [7, 11) is -1.55. The smallest absolute Gasteiger partial charge is 0.469 e. The van der Waals surface area contributed by atoms with E-state index in [2.05, 4.69) is 35.3 Å². The molecule has 0 aliphatic carbocycles. The van der Waals surface area contributed by atoms with Gasteiger partial charge in [-0.3, -0.25) is 19.3 Å². The molecule has 0 radical (unpaired) electrons. The van der Waals surface area contributed by atoms with Crippen LogP contribution in [0.3, 0.4) is 0 Å². The van der Waals surface area contributed by atoms with E-state index in [1.165, 1.54) is 25.6 Å². The summed E-state index contributed by atoms with van der Waals surface area (Å²) in [6, 6.07) is 8.42. The summed E-state index contributed by atoms with van der Waals surface area (Å²) in [6.45, 7) is 1.43. The molecule has 0 saturated heterocycles. The standard InChI is InChI=1S/C27H32F2N7O8P/c1-41-9-6-36(8-11-44-45(38,39)40)7-10-43-22-15-18(42-2)14-21-25(22)27(31-16-30-21)33-23-12-17(34-35-23)13-24(37)32-20-5-3-4-19(28)26(20)29/h3-5,12,14-16H,6-11,13H2,1-2H3,(H,32,37)(H2,38,39,40)(H2,30,31,33,34,35). The van der Waals surface area contributed by atoms with E-state index in [0.29, 0.717) is 59.4 Å². The quantitative estimate of drug-likeness (QED) is 0.105. The van der Waals surface area contributed by atoms with Gasteiger partial charge in [0, 0.05) is 50.6 Å². The molecule has 0 saturated carbocycles. The van der Waals surface area contributed by atoms with Crippen LogP contribution in [0.2, 0.25) is 0 Å². The van der Waals surface area contributed by atoms with Gasteiger partial charge in [-0.25, -0.2) is 23.3 Å². The number of anilines is 3. The molecule has 1 amide bonds. The highest BCUT2D eigenvalue weighted by Crippen LogP contribution is 2.36. The number of fused-ring (bicyclic) bond motifs is 1. The second-order valence-corrected chi connectivity index (χ2v) is 10.7. The van der Waals surface area contributed by atoms with Crippen LogP contribution in [0.4, 0.5) is 26.1 Å². The fourth-order valence-corrected chi connectivity index (χ4v) is 4.51. The third kappa shape index (κ3) is 9.87. The zero-order valence-electron chi connectivity index (χ0n) is 24.3. The average molecular weight is 652 g/mol. The first-order chi connectivity index (χ1) is 21.6. The Bertz CT molecular complexity index is 1650. The molecule has 45 heavy (non-hydrogen) atoms. The van der Waals surface area contributed by atoms with E-state index >= 15 is 0 Å².